The number of esters is 1. The van der Waals surface area contributed by atoms with E-state index in [1.807, 2.05) is 24.3 Å². The first-order valence-electron chi connectivity index (χ1n) is 7.43. The van der Waals surface area contributed by atoms with Crippen molar-refractivity contribution < 1.29 is 14.3 Å². The summed E-state index contributed by atoms with van der Waals surface area (Å²) in [5.41, 5.74) is 0.886. The molecule has 2 N–H and O–H groups in total. The molecule has 2 atom stereocenters. The molecule has 5 nitrogen and oxygen atoms in total. The van der Waals surface area contributed by atoms with Gasteiger partial charge in [0.25, 0.3) is 0 Å². The molecule has 2 unspecified atom stereocenters. The summed E-state index contributed by atoms with van der Waals surface area (Å²) >= 11 is 3.42. The number of benzene rings is 1. The van der Waals surface area contributed by atoms with Crippen LogP contribution in [0.5, 0.6) is 0 Å². The highest BCUT2D eigenvalue weighted by atomic mass is 79.9. The maximum Gasteiger partial charge on any atom is 0.307 e. The van der Waals surface area contributed by atoms with Crippen molar-refractivity contribution in [2.45, 2.75) is 25.3 Å². The molecule has 1 heterocycles. The first kappa shape index (κ1) is 17.0. The first-order valence-corrected chi connectivity index (χ1v) is 8.23. The van der Waals surface area contributed by atoms with Crippen LogP contribution in [0.2, 0.25) is 0 Å². The van der Waals surface area contributed by atoms with E-state index in [0.29, 0.717) is 6.54 Å². The number of ether oxygens (including phenoxy) is 1. The summed E-state index contributed by atoms with van der Waals surface area (Å²) in [5.74, 6) is -0.394. The highest BCUT2D eigenvalue weighted by Gasteiger charge is 2.25. The predicted molar refractivity (Wildman–Crippen MR) is 87.3 cm³/mol. The molecule has 22 heavy (non-hydrogen) atoms. The summed E-state index contributed by atoms with van der Waals surface area (Å²) in [7, 11) is 1.35. The van der Waals surface area contributed by atoms with Crippen molar-refractivity contribution in [3.8, 4) is 0 Å². The molecule has 6 heteroatoms. The van der Waals surface area contributed by atoms with Crippen LogP contribution >= 0.6 is 15.9 Å². The Labute approximate surface area is 138 Å². The Bertz CT molecular complexity index is 530. The number of hydrogen-bond acceptors (Lipinski definition) is 4. The summed E-state index contributed by atoms with van der Waals surface area (Å²) in [6, 6.07) is 7.23. The van der Waals surface area contributed by atoms with Crippen molar-refractivity contribution in [2.75, 3.05) is 20.2 Å². The third-order valence-corrected chi connectivity index (χ3v) is 4.33. The molecule has 0 aliphatic carbocycles. The molecule has 0 saturated carbocycles. The van der Waals surface area contributed by atoms with Crippen LogP contribution in [-0.2, 0) is 14.3 Å². The minimum atomic E-state index is -0.376. The average Bonchev–Trinajstić information content (AvgIpc) is 2.54. The van der Waals surface area contributed by atoms with Crippen LogP contribution in [0.4, 0.5) is 0 Å². The molecule has 0 radical (unpaired) electrons. The minimum absolute atomic E-state index is 0.0129. The fourth-order valence-electron chi connectivity index (χ4n) is 2.59. The van der Waals surface area contributed by atoms with Crippen LogP contribution in [-0.4, -0.2) is 32.1 Å². The molecule has 0 bridgehead atoms. The Hall–Kier alpha value is -1.40. The van der Waals surface area contributed by atoms with Crippen molar-refractivity contribution in [3.63, 3.8) is 0 Å². The van der Waals surface area contributed by atoms with Crippen LogP contribution in [0.3, 0.4) is 0 Å². The Kier molecular flexibility index (Phi) is 6.39. The number of carbonyl (C=O) groups is 2. The molecule has 1 aromatic carbocycles. The zero-order valence-corrected chi connectivity index (χ0v) is 14.2. The summed E-state index contributed by atoms with van der Waals surface area (Å²) < 4.78 is 5.66. The van der Waals surface area contributed by atoms with Crippen molar-refractivity contribution >= 4 is 27.8 Å². The first-order chi connectivity index (χ1) is 10.6. The van der Waals surface area contributed by atoms with Gasteiger partial charge in [-0.1, -0.05) is 28.1 Å². The van der Waals surface area contributed by atoms with E-state index >= 15 is 0 Å². The molecular weight excluding hydrogens is 348 g/mol. The fraction of sp³-hybridized carbons (Fsp3) is 0.500. The number of nitrogens with one attached hydrogen (secondary N) is 2. The van der Waals surface area contributed by atoms with Crippen molar-refractivity contribution in [1.29, 1.82) is 0 Å². The van der Waals surface area contributed by atoms with E-state index in [0.717, 1.165) is 29.4 Å². The van der Waals surface area contributed by atoms with Gasteiger partial charge < -0.3 is 15.4 Å². The van der Waals surface area contributed by atoms with Gasteiger partial charge in [-0.2, -0.15) is 0 Å². The normalized spacial score (nSPS) is 19.3. The number of amides is 1. The zero-order chi connectivity index (χ0) is 15.9. The van der Waals surface area contributed by atoms with Gasteiger partial charge in [0.1, 0.15) is 0 Å². The van der Waals surface area contributed by atoms with Gasteiger partial charge in [0.05, 0.1) is 25.5 Å². The minimum Gasteiger partial charge on any atom is -0.469 e. The average molecular weight is 369 g/mol. The molecule has 1 aliphatic heterocycles. The van der Waals surface area contributed by atoms with E-state index < -0.39 is 0 Å². The number of carbonyl (C=O) groups excluding carboxylic acids is 2. The summed E-state index contributed by atoms with van der Waals surface area (Å²) in [6.07, 6.45) is 2.00. The van der Waals surface area contributed by atoms with Gasteiger partial charge in [-0.3, -0.25) is 9.59 Å². The largest absolute Gasteiger partial charge is 0.469 e. The van der Waals surface area contributed by atoms with Gasteiger partial charge in [-0.05, 0) is 37.1 Å². The topological polar surface area (TPSA) is 67.4 Å². The quantitative estimate of drug-likeness (QED) is 0.781. The molecule has 0 spiro atoms. The maximum atomic E-state index is 12.4. The van der Waals surface area contributed by atoms with Crippen molar-refractivity contribution in [1.82, 2.24) is 10.6 Å². The fourth-order valence-corrected chi connectivity index (χ4v) is 3.01. The summed E-state index contributed by atoms with van der Waals surface area (Å²) in [4.78, 5) is 24.1. The second-order valence-corrected chi connectivity index (χ2v) is 6.36. The summed E-state index contributed by atoms with van der Waals surface area (Å²) in [6.45, 7) is 1.65. The lowest BCUT2D eigenvalue weighted by atomic mass is 9.97. The van der Waals surface area contributed by atoms with Gasteiger partial charge in [-0.25, -0.2) is 0 Å². The smallest absolute Gasteiger partial charge is 0.307 e. The standard InChI is InChI=1S/C16H21BrN2O3/c1-22-15(20)9-14(11-4-2-6-13(17)8-11)19-16(21)12-5-3-7-18-10-12/h2,4,6,8,12,14,18H,3,5,7,9-10H2,1H3,(H,19,21). The molecule has 2 rings (SSSR count). The second kappa shape index (κ2) is 8.29. The van der Waals surface area contributed by atoms with Crippen LogP contribution < -0.4 is 10.6 Å². The highest BCUT2D eigenvalue weighted by Crippen LogP contribution is 2.22. The SMILES string of the molecule is COC(=O)CC(NC(=O)C1CCCNC1)c1cccc(Br)c1. The molecule has 1 amide bonds. The van der Waals surface area contributed by atoms with E-state index in [-0.39, 0.29) is 30.3 Å². The Morgan fingerprint density at radius 3 is 2.95 bits per heavy atom. The number of rotatable bonds is 5. The monoisotopic (exact) mass is 368 g/mol. The third kappa shape index (κ3) is 4.81. The lowest BCUT2D eigenvalue weighted by Crippen LogP contribution is -2.42. The molecule has 1 saturated heterocycles. The van der Waals surface area contributed by atoms with E-state index in [1.54, 1.807) is 0 Å². The van der Waals surface area contributed by atoms with Gasteiger partial charge in [-0.15, -0.1) is 0 Å². The Balaban J connectivity index is 2.09. The lowest BCUT2D eigenvalue weighted by molar-refractivity contribution is -0.141. The Morgan fingerprint density at radius 2 is 2.32 bits per heavy atom. The van der Waals surface area contributed by atoms with Gasteiger partial charge in [0, 0.05) is 11.0 Å². The number of piperidine rings is 1. The zero-order valence-electron chi connectivity index (χ0n) is 12.6. The molecular formula is C16H21BrN2O3. The third-order valence-electron chi connectivity index (χ3n) is 3.83. The van der Waals surface area contributed by atoms with E-state index in [1.165, 1.54) is 7.11 Å². The molecule has 1 fully saturated rings. The lowest BCUT2D eigenvalue weighted by Gasteiger charge is -2.25. The van der Waals surface area contributed by atoms with E-state index in [2.05, 4.69) is 26.6 Å². The molecule has 1 aromatic rings. The van der Waals surface area contributed by atoms with E-state index in [9.17, 15) is 9.59 Å². The predicted octanol–water partition coefficient (Wildman–Crippen LogP) is 2.17. The molecule has 120 valence electrons. The van der Waals surface area contributed by atoms with Gasteiger partial charge in [0.15, 0.2) is 0 Å². The number of methoxy groups -OCH3 is 1. The molecule has 1 aliphatic rings. The highest BCUT2D eigenvalue weighted by molar-refractivity contribution is 9.10. The van der Waals surface area contributed by atoms with Crippen molar-refractivity contribution in [2.24, 2.45) is 5.92 Å². The van der Waals surface area contributed by atoms with E-state index in [4.69, 9.17) is 4.74 Å². The van der Waals surface area contributed by atoms with Crippen molar-refractivity contribution in [3.05, 3.63) is 34.3 Å². The van der Waals surface area contributed by atoms with Gasteiger partial charge in [0.2, 0.25) is 5.91 Å². The second-order valence-electron chi connectivity index (χ2n) is 5.44. The van der Waals surface area contributed by atoms with Gasteiger partial charge >= 0.3 is 5.97 Å². The van der Waals surface area contributed by atoms with Crippen LogP contribution in [0.15, 0.2) is 28.7 Å². The molecule has 0 aromatic heterocycles. The van der Waals surface area contributed by atoms with Crippen LogP contribution in [0.25, 0.3) is 0 Å². The maximum absolute atomic E-state index is 12.4. The van der Waals surface area contributed by atoms with Crippen LogP contribution in [0, 0.1) is 5.92 Å². The number of hydrogen-bond donors (Lipinski definition) is 2. The Morgan fingerprint density at radius 1 is 1.50 bits per heavy atom. The summed E-state index contributed by atoms with van der Waals surface area (Å²) in [5, 5.41) is 6.22. The number of halogens is 1. The van der Waals surface area contributed by atoms with Crippen LogP contribution in [0.1, 0.15) is 30.9 Å².